The molecule has 24 heavy (non-hydrogen) atoms. The first-order chi connectivity index (χ1) is 11.4. The van der Waals surface area contributed by atoms with E-state index in [0.717, 1.165) is 12.1 Å². The molecule has 0 spiro atoms. The molecule has 0 aliphatic heterocycles. The van der Waals surface area contributed by atoms with Crippen LogP contribution >= 0.6 is 15.9 Å². The second-order valence-electron chi connectivity index (χ2n) is 4.42. The van der Waals surface area contributed by atoms with Crippen LogP contribution in [0.1, 0.15) is 0 Å². The van der Waals surface area contributed by atoms with Crippen molar-refractivity contribution < 1.29 is 13.5 Å². The molecule has 0 saturated heterocycles. The minimum atomic E-state index is -0.825. The fraction of sp³-hybridized carbons (Fsp3) is 0. The van der Waals surface area contributed by atoms with Gasteiger partial charge in [-0.3, -0.25) is 10.8 Å². The van der Waals surface area contributed by atoms with Crippen LogP contribution in [0.2, 0.25) is 0 Å². The van der Waals surface area contributed by atoms with E-state index in [2.05, 4.69) is 26.5 Å². The maximum absolute atomic E-state index is 13.6. The van der Waals surface area contributed by atoms with Crippen molar-refractivity contribution in [1.82, 2.24) is 0 Å². The normalized spacial score (nSPS) is 10.8. The van der Waals surface area contributed by atoms with E-state index in [0.29, 0.717) is 15.9 Å². The van der Waals surface area contributed by atoms with Gasteiger partial charge in [0.25, 0.3) is 0 Å². The van der Waals surface area contributed by atoms with Gasteiger partial charge in [0.1, 0.15) is 17.6 Å². The van der Waals surface area contributed by atoms with E-state index in [1.54, 1.807) is 18.2 Å². The quantitative estimate of drug-likeness (QED) is 0.408. The highest BCUT2D eigenvalue weighted by atomic mass is 79.9. The highest BCUT2D eigenvalue weighted by molar-refractivity contribution is 9.10. The lowest BCUT2D eigenvalue weighted by Crippen LogP contribution is -2.21. The molecule has 0 fully saturated rings. The summed E-state index contributed by atoms with van der Waals surface area (Å²) in [4.78, 5) is 0. The van der Waals surface area contributed by atoms with E-state index in [9.17, 15) is 8.78 Å². The molecule has 0 aromatic heterocycles. The zero-order valence-corrected chi connectivity index (χ0v) is 13.6. The van der Waals surface area contributed by atoms with Crippen LogP contribution in [0.5, 0.6) is 11.5 Å². The Labute approximate surface area is 144 Å². The van der Waals surface area contributed by atoms with Gasteiger partial charge in [-0.15, -0.1) is 0 Å². The maximum atomic E-state index is 13.6. The van der Waals surface area contributed by atoms with Crippen LogP contribution < -0.4 is 15.9 Å². The van der Waals surface area contributed by atoms with Crippen LogP contribution in [0.25, 0.3) is 0 Å². The Balaban J connectivity index is 2.18. The summed E-state index contributed by atoms with van der Waals surface area (Å²) in [5.41, 5.74) is 7.95. The SMILES string of the molecule is N#C/C(=N\Nc1ccc(Oc2ccc(F)cc2F)c(Br)c1)C(=N)N. The van der Waals surface area contributed by atoms with Gasteiger partial charge in [-0.05, 0) is 46.3 Å². The van der Waals surface area contributed by atoms with Gasteiger partial charge in [0.05, 0.1) is 10.2 Å². The van der Waals surface area contributed by atoms with Crippen molar-refractivity contribution in [2.45, 2.75) is 0 Å². The van der Waals surface area contributed by atoms with Crippen molar-refractivity contribution in [2.75, 3.05) is 5.43 Å². The van der Waals surface area contributed by atoms with E-state index in [4.69, 9.17) is 21.1 Å². The summed E-state index contributed by atoms with van der Waals surface area (Å²) in [5.74, 6) is -1.82. The number of hydrogen-bond acceptors (Lipinski definition) is 5. The van der Waals surface area contributed by atoms with Crippen molar-refractivity contribution >= 4 is 33.2 Å². The largest absolute Gasteiger partial charge is 0.453 e. The maximum Gasteiger partial charge on any atom is 0.201 e. The van der Waals surface area contributed by atoms with Gasteiger partial charge >= 0.3 is 0 Å². The van der Waals surface area contributed by atoms with Crippen molar-refractivity contribution in [2.24, 2.45) is 10.8 Å². The number of benzene rings is 2. The molecule has 9 heteroatoms. The number of hydrogen-bond donors (Lipinski definition) is 3. The van der Waals surface area contributed by atoms with Crippen molar-refractivity contribution in [1.29, 1.82) is 10.7 Å². The molecular formula is C15H10BrF2N5O. The van der Waals surface area contributed by atoms with Gasteiger partial charge in [0.2, 0.25) is 5.71 Å². The van der Waals surface area contributed by atoms with Gasteiger partial charge in [0.15, 0.2) is 17.4 Å². The third kappa shape index (κ3) is 4.27. The first-order valence-electron chi connectivity index (χ1n) is 6.41. The summed E-state index contributed by atoms with van der Waals surface area (Å²) >= 11 is 3.25. The van der Waals surface area contributed by atoms with E-state index >= 15 is 0 Å². The average Bonchev–Trinajstić information content (AvgIpc) is 2.52. The molecule has 6 nitrogen and oxygen atoms in total. The Morgan fingerprint density at radius 2 is 1.96 bits per heavy atom. The number of halogens is 3. The number of rotatable bonds is 5. The number of nitrogens with zero attached hydrogens (tertiary/aromatic N) is 2. The Morgan fingerprint density at radius 1 is 1.25 bits per heavy atom. The molecular weight excluding hydrogens is 384 g/mol. The molecule has 0 saturated carbocycles. The van der Waals surface area contributed by atoms with Crippen molar-refractivity contribution in [3.05, 3.63) is 52.5 Å². The molecule has 0 atom stereocenters. The molecule has 0 bridgehead atoms. The molecule has 2 aromatic rings. The summed E-state index contributed by atoms with van der Waals surface area (Å²) in [6.07, 6.45) is 0. The number of ether oxygens (including phenoxy) is 1. The van der Waals surface area contributed by atoms with E-state index in [-0.39, 0.29) is 11.5 Å². The van der Waals surface area contributed by atoms with Crippen molar-refractivity contribution in [3.63, 3.8) is 0 Å². The van der Waals surface area contributed by atoms with Crippen LogP contribution in [-0.4, -0.2) is 11.5 Å². The molecule has 0 heterocycles. The summed E-state index contributed by atoms with van der Waals surface area (Å²) < 4.78 is 32.3. The van der Waals surface area contributed by atoms with Gasteiger partial charge < -0.3 is 10.5 Å². The molecule has 0 aliphatic rings. The average molecular weight is 394 g/mol. The van der Waals surface area contributed by atoms with E-state index in [1.807, 2.05) is 0 Å². The molecule has 0 radical (unpaired) electrons. The smallest absolute Gasteiger partial charge is 0.201 e. The Morgan fingerprint density at radius 3 is 2.54 bits per heavy atom. The second kappa shape index (κ2) is 7.52. The Kier molecular flexibility index (Phi) is 5.44. The second-order valence-corrected chi connectivity index (χ2v) is 5.27. The lowest BCUT2D eigenvalue weighted by atomic mass is 10.3. The zero-order chi connectivity index (χ0) is 17.7. The summed E-state index contributed by atoms with van der Waals surface area (Å²) in [7, 11) is 0. The molecule has 4 N–H and O–H groups in total. The van der Waals surface area contributed by atoms with Crippen molar-refractivity contribution in [3.8, 4) is 17.6 Å². The number of hydrazone groups is 1. The molecule has 2 aromatic carbocycles. The lowest BCUT2D eigenvalue weighted by Gasteiger charge is -2.10. The molecule has 0 amide bonds. The predicted octanol–water partition coefficient (Wildman–Crippen LogP) is 3.75. The van der Waals surface area contributed by atoms with Crippen LogP contribution in [0.4, 0.5) is 14.5 Å². The fourth-order valence-corrected chi connectivity index (χ4v) is 2.06. The van der Waals surface area contributed by atoms with Gasteiger partial charge in [-0.1, -0.05) is 0 Å². The van der Waals surface area contributed by atoms with Gasteiger partial charge in [-0.2, -0.15) is 10.4 Å². The summed E-state index contributed by atoms with van der Waals surface area (Å²) in [5, 5.41) is 19.6. The third-order valence-electron chi connectivity index (χ3n) is 2.70. The predicted molar refractivity (Wildman–Crippen MR) is 89.2 cm³/mol. The Hall–Kier alpha value is -2.99. The van der Waals surface area contributed by atoms with Gasteiger partial charge in [0, 0.05) is 6.07 Å². The Bertz CT molecular complexity index is 863. The lowest BCUT2D eigenvalue weighted by molar-refractivity contribution is 0.435. The molecule has 2 rings (SSSR count). The first-order valence-corrected chi connectivity index (χ1v) is 7.20. The number of nitrogens with one attached hydrogen (secondary N) is 2. The zero-order valence-electron chi connectivity index (χ0n) is 12.0. The van der Waals surface area contributed by atoms with Crippen LogP contribution in [-0.2, 0) is 0 Å². The standard InChI is InChI=1S/C15H10BrF2N5O/c16-10-6-9(22-23-12(7-19)15(20)21)2-4-13(10)24-14-3-1-8(17)5-11(14)18/h1-6,22H,(H3,20,21)/b23-12+. The molecule has 0 unspecified atom stereocenters. The fourth-order valence-electron chi connectivity index (χ4n) is 1.60. The van der Waals surface area contributed by atoms with Crippen LogP contribution in [0.15, 0.2) is 46.0 Å². The van der Waals surface area contributed by atoms with E-state index in [1.165, 1.54) is 12.1 Å². The van der Waals surface area contributed by atoms with Crippen LogP contribution in [0, 0.1) is 28.4 Å². The molecule has 122 valence electrons. The topological polar surface area (TPSA) is 107 Å². The number of nitriles is 1. The van der Waals surface area contributed by atoms with E-state index < -0.39 is 17.5 Å². The first kappa shape index (κ1) is 17.4. The highest BCUT2D eigenvalue weighted by Gasteiger charge is 2.09. The van der Waals surface area contributed by atoms with Crippen LogP contribution in [0.3, 0.4) is 0 Å². The minimum Gasteiger partial charge on any atom is -0.453 e. The summed E-state index contributed by atoms with van der Waals surface area (Å²) in [6.45, 7) is 0. The monoisotopic (exact) mass is 393 g/mol. The molecule has 0 aliphatic carbocycles. The number of amidine groups is 1. The minimum absolute atomic E-state index is 0.126. The van der Waals surface area contributed by atoms with Gasteiger partial charge in [-0.25, -0.2) is 8.78 Å². The number of nitrogens with two attached hydrogens (primary N) is 1. The highest BCUT2D eigenvalue weighted by Crippen LogP contribution is 2.33. The number of anilines is 1. The third-order valence-corrected chi connectivity index (χ3v) is 3.32. The summed E-state index contributed by atoms with van der Waals surface area (Å²) in [6, 6.07) is 9.30.